The van der Waals surface area contributed by atoms with Gasteiger partial charge in [0.25, 0.3) is 0 Å². The van der Waals surface area contributed by atoms with E-state index in [1.807, 2.05) is 6.92 Å². The van der Waals surface area contributed by atoms with E-state index in [2.05, 4.69) is 10.3 Å². The van der Waals surface area contributed by atoms with E-state index in [0.717, 1.165) is 25.1 Å². The van der Waals surface area contributed by atoms with Gasteiger partial charge in [-0.2, -0.15) is 13.2 Å². The first-order chi connectivity index (χ1) is 7.89. The molecule has 3 nitrogen and oxygen atoms in total. The van der Waals surface area contributed by atoms with Gasteiger partial charge in [0.15, 0.2) is 0 Å². The topological polar surface area (TPSA) is 50.9 Å². The third-order valence-corrected chi connectivity index (χ3v) is 2.23. The van der Waals surface area contributed by atoms with E-state index in [9.17, 15) is 13.2 Å². The minimum Gasteiger partial charge on any atom is -0.370 e. The Labute approximate surface area is 98.2 Å². The van der Waals surface area contributed by atoms with Crippen molar-refractivity contribution in [2.75, 3.05) is 11.9 Å². The highest BCUT2D eigenvalue weighted by molar-refractivity contribution is 5.35. The van der Waals surface area contributed by atoms with Crippen LogP contribution in [0.5, 0.6) is 0 Å². The van der Waals surface area contributed by atoms with Crippen LogP contribution >= 0.6 is 0 Å². The number of nitrogens with one attached hydrogen (secondary N) is 1. The van der Waals surface area contributed by atoms with Crippen LogP contribution in [0.2, 0.25) is 0 Å². The zero-order chi connectivity index (χ0) is 12.9. The molecule has 17 heavy (non-hydrogen) atoms. The second-order valence-electron chi connectivity index (χ2n) is 3.98. The Kier molecular flexibility index (Phi) is 4.74. The molecule has 0 spiro atoms. The number of hydrogen-bond acceptors (Lipinski definition) is 3. The molecule has 0 aliphatic heterocycles. The lowest BCUT2D eigenvalue weighted by molar-refractivity contribution is -0.137. The quantitative estimate of drug-likeness (QED) is 0.786. The molecule has 3 N–H and O–H groups in total. The smallest absolute Gasteiger partial charge is 0.370 e. The van der Waals surface area contributed by atoms with Crippen LogP contribution in [0, 0.1) is 0 Å². The third kappa shape index (κ3) is 5.04. The van der Waals surface area contributed by atoms with Gasteiger partial charge in [0.05, 0.1) is 5.56 Å². The number of alkyl halides is 3. The first kappa shape index (κ1) is 13.8. The molecule has 0 fully saturated rings. The van der Waals surface area contributed by atoms with Gasteiger partial charge in [0.2, 0.25) is 0 Å². The summed E-state index contributed by atoms with van der Waals surface area (Å²) in [5.41, 5.74) is 4.83. The summed E-state index contributed by atoms with van der Waals surface area (Å²) in [6, 6.07) is 2.48. The van der Waals surface area contributed by atoms with E-state index < -0.39 is 11.7 Å². The number of aromatic nitrogens is 1. The predicted molar refractivity (Wildman–Crippen MR) is 60.6 cm³/mol. The lowest BCUT2D eigenvalue weighted by atomic mass is 10.2. The molecule has 0 saturated carbocycles. The summed E-state index contributed by atoms with van der Waals surface area (Å²) in [6.45, 7) is 2.57. The maximum absolute atomic E-state index is 12.2. The van der Waals surface area contributed by atoms with E-state index in [0.29, 0.717) is 12.4 Å². The number of nitrogens with zero attached hydrogens (tertiary/aromatic N) is 1. The molecule has 0 bridgehead atoms. The largest absolute Gasteiger partial charge is 0.417 e. The highest BCUT2D eigenvalue weighted by Gasteiger charge is 2.30. The minimum atomic E-state index is -4.33. The van der Waals surface area contributed by atoms with Crippen LogP contribution in [0.15, 0.2) is 18.3 Å². The summed E-state index contributed by atoms with van der Waals surface area (Å²) in [4.78, 5) is 3.70. The van der Waals surface area contributed by atoms with Crippen molar-refractivity contribution in [2.45, 2.75) is 32.0 Å². The van der Waals surface area contributed by atoms with Gasteiger partial charge in [-0.3, -0.25) is 0 Å². The van der Waals surface area contributed by atoms with Crippen LogP contribution in [0.25, 0.3) is 0 Å². The second kappa shape index (κ2) is 5.86. The number of anilines is 1. The van der Waals surface area contributed by atoms with Gasteiger partial charge in [-0.05, 0) is 31.9 Å². The van der Waals surface area contributed by atoms with Crippen LogP contribution in [0.1, 0.15) is 25.3 Å². The molecule has 0 amide bonds. The number of pyridine rings is 1. The van der Waals surface area contributed by atoms with Gasteiger partial charge in [-0.1, -0.05) is 0 Å². The Bertz CT molecular complexity index is 333. The number of hydrogen-bond donors (Lipinski definition) is 2. The first-order valence-electron chi connectivity index (χ1n) is 5.42. The molecule has 6 heteroatoms. The van der Waals surface area contributed by atoms with Gasteiger partial charge < -0.3 is 11.1 Å². The zero-order valence-corrected chi connectivity index (χ0v) is 9.59. The third-order valence-electron chi connectivity index (χ3n) is 2.23. The van der Waals surface area contributed by atoms with Crippen LogP contribution < -0.4 is 11.1 Å². The fourth-order valence-electron chi connectivity index (χ4n) is 1.31. The average Bonchev–Trinajstić information content (AvgIpc) is 2.23. The maximum atomic E-state index is 12.2. The summed E-state index contributed by atoms with van der Waals surface area (Å²) >= 11 is 0. The fourth-order valence-corrected chi connectivity index (χ4v) is 1.31. The van der Waals surface area contributed by atoms with E-state index in [4.69, 9.17) is 5.73 Å². The van der Waals surface area contributed by atoms with Crippen molar-refractivity contribution >= 4 is 5.82 Å². The Morgan fingerprint density at radius 2 is 2.12 bits per heavy atom. The summed E-state index contributed by atoms with van der Waals surface area (Å²) in [7, 11) is 0. The normalized spacial score (nSPS) is 13.5. The molecule has 0 radical (unpaired) electrons. The zero-order valence-electron chi connectivity index (χ0n) is 9.59. The summed E-state index contributed by atoms with van der Waals surface area (Å²) < 4.78 is 36.7. The molecular formula is C11H16F3N3. The first-order valence-corrected chi connectivity index (χ1v) is 5.42. The molecular weight excluding hydrogens is 231 g/mol. The molecule has 1 unspecified atom stereocenters. The van der Waals surface area contributed by atoms with Crippen molar-refractivity contribution in [3.05, 3.63) is 23.9 Å². The highest BCUT2D eigenvalue weighted by atomic mass is 19.4. The SMILES string of the molecule is CC(N)CCCNc1ccc(C(F)(F)F)cn1. The lowest BCUT2D eigenvalue weighted by Crippen LogP contribution is -2.16. The van der Waals surface area contributed by atoms with Crippen LogP contribution in [0.4, 0.5) is 19.0 Å². The van der Waals surface area contributed by atoms with Gasteiger partial charge in [0, 0.05) is 18.8 Å². The van der Waals surface area contributed by atoms with Crippen LogP contribution in [0.3, 0.4) is 0 Å². The van der Waals surface area contributed by atoms with Crippen molar-refractivity contribution < 1.29 is 13.2 Å². The Morgan fingerprint density at radius 3 is 2.59 bits per heavy atom. The average molecular weight is 247 g/mol. The van der Waals surface area contributed by atoms with Gasteiger partial charge in [-0.15, -0.1) is 0 Å². The van der Waals surface area contributed by atoms with E-state index in [-0.39, 0.29) is 6.04 Å². The molecule has 0 aliphatic carbocycles. The summed E-state index contributed by atoms with van der Waals surface area (Å²) in [5.74, 6) is 0.447. The van der Waals surface area contributed by atoms with E-state index in [1.54, 1.807) is 0 Å². The Hall–Kier alpha value is -1.30. The monoisotopic (exact) mass is 247 g/mol. The molecule has 1 heterocycles. The standard InChI is InChI=1S/C11H16F3N3/c1-8(15)3-2-6-16-10-5-4-9(7-17-10)11(12,13)14/h4-5,7-8H,2-3,6,15H2,1H3,(H,16,17). The van der Waals surface area contributed by atoms with Crippen molar-refractivity contribution in [3.8, 4) is 0 Å². The van der Waals surface area contributed by atoms with Crippen molar-refractivity contribution in [1.82, 2.24) is 4.98 Å². The Balaban J connectivity index is 2.41. The van der Waals surface area contributed by atoms with E-state index in [1.165, 1.54) is 6.07 Å². The predicted octanol–water partition coefficient (Wildman–Crippen LogP) is 2.64. The van der Waals surface area contributed by atoms with Crippen LogP contribution in [-0.4, -0.2) is 17.6 Å². The lowest BCUT2D eigenvalue weighted by Gasteiger charge is -2.09. The maximum Gasteiger partial charge on any atom is 0.417 e. The fraction of sp³-hybridized carbons (Fsp3) is 0.545. The van der Waals surface area contributed by atoms with Gasteiger partial charge >= 0.3 is 6.18 Å². The number of rotatable bonds is 5. The van der Waals surface area contributed by atoms with Gasteiger partial charge in [-0.25, -0.2) is 4.98 Å². The van der Waals surface area contributed by atoms with Crippen LogP contribution in [-0.2, 0) is 6.18 Å². The van der Waals surface area contributed by atoms with Gasteiger partial charge in [0.1, 0.15) is 5.82 Å². The van der Waals surface area contributed by atoms with Crippen molar-refractivity contribution in [3.63, 3.8) is 0 Å². The molecule has 1 rings (SSSR count). The molecule has 0 saturated heterocycles. The summed E-state index contributed by atoms with van der Waals surface area (Å²) in [6.07, 6.45) is -1.78. The molecule has 1 aromatic rings. The second-order valence-corrected chi connectivity index (χ2v) is 3.98. The van der Waals surface area contributed by atoms with Crippen molar-refractivity contribution in [2.24, 2.45) is 5.73 Å². The minimum absolute atomic E-state index is 0.136. The highest BCUT2D eigenvalue weighted by Crippen LogP contribution is 2.28. The molecule has 96 valence electrons. The molecule has 1 atom stereocenters. The van der Waals surface area contributed by atoms with E-state index >= 15 is 0 Å². The molecule has 0 aromatic carbocycles. The molecule has 1 aromatic heterocycles. The number of halogens is 3. The number of nitrogens with two attached hydrogens (primary N) is 1. The molecule has 0 aliphatic rings. The van der Waals surface area contributed by atoms with Crippen molar-refractivity contribution in [1.29, 1.82) is 0 Å². The summed E-state index contributed by atoms with van der Waals surface area (Å²) in [5, 5.41) is 2.94. The Morgan fingerprint density at radius 1 is 1.41 bits per heavy atom.